The molecular formula is C36H59N3O4. The van der Waals surface area contributed by atoms with Crippen molar-refractivity contribution in [1.82, 2.24) is 15.5 Å². The average Bonchev–Trinajstić information content (AvgIpc) is 3.40. The van der Waals surface area contributed by atoms with Crippen molar-refractivity contribution in [1.29, 1.82) is 0 Å². The summed E-state index contributed by atoms with van der Waals surface area (Å²) in [5, 5.41) is 7.05. The van der Waals surface area contributed by atoms with Crippen molar-refractivity contribution in [2.75, 3.05) is 27.2 Å². The first-order chi connectivity index (χ1) is 20.4. The van der Waals surface area contributed by atoms with Crippen LogP contribution in [-0.4, -0.2) is 67.4 Å². The summed E-state index contributed by atoms with van der Waals surface area (Å²) in [7, 11) is 4.08. The van der Waals surface area contributed by atoms with Crippen molar-refractivity contribution in [3.05, 3.63) is 0 Å². The summed E-state index contributed by atoms with van der Waals surface area (Å²) in [6.45, 7) is 11.5. The van der Waals surface area contributed by atoms with E-state index in [0.29, 0.717) is 53.6 Å². The Hall–Kier alpha value is -1.31. The summed E-state index contributed by atoms with van der Waals surface area (Å²) in [5.74, 6) is 3.81. The summed E-state index contributed by atoms with van der Waals surface area (Å²) < 4.78 is 6.98. The Morgan fingerprint density at radius 3 is 2.53 bits per heavy atom. The van der Waals surface area contributed by atoms with E-state index < -0.39 is 0 Å². The highest BCUT2D eigenvalue weighted by molar-refractivity contribution is 5.98. The van der Waals surface area contributed by atoms with Gasteiger partial charge in [0.25, 0.3) is 0 Å². The van der Waals surface area contributed by atoms with Gasteiger partial charge in [-0.05, 0) is 120 Å². The van der Waals surface area contributed by atoms with Gasteiger partial charge in [-0.15, -0.1) is 0 Å². The zero-order valence-corrected chi connectivity index (χ0v) is 27.9. The lowest BCUT2D eigenvalue weighted by Crippen LogP contribution is -2.60. The number of ether oxygens (including phenoxy) is 1. The van der Waals surface area contributed by atoms with Gasteiger partial charge in [0.2, 0.25) is 5.91 Å². The van der Waals surface area contributed by atoms with Crippen LogP contribution in [0.15, 0.2) is 0 Å². The number of nitrogens with one attached hydrogen (secondary N) is 2. The third-order valence-corrected chi connectivity index (χ3v) is 14.0. The molecule has 43 heavy (non-hydrogen) atoms. The fourth-order valence-corrected chi connectivity index (χ4v) is 11.6. The second-order valence-corrected chi connectivity index (χ2v) is 16.7. The lowest BCUT2D eigenvalue weighted by Gasteiger charge is -2.60. The fraction of sp³-hybridized carbons (Fsp3) is 0.917. The Morgan fingerprint density at radius 2 is 1.81 bits per heavy atom. The Bertz CT molecular complexity index is 1080. The molecule has 6 aliphatic rings. The van der Waals surface area contributed by atoms with Crippen LogP contribution in [0.4, 0.5) is 0 Å². The van der Waals surface area contributed by atoms with E-state index in [4.69, 9.17) is 4.74 Å². The maximum atomic E-state index is 14.4. The molecule has 0 aromatic carbocycles. The number of amides is 1. The quantitative estimate of drug-likeness (QED) is 0.289. The standard InChI is InChI=1S/C36H59N3O4/c1-22-12-15-36(37-21-22)23(2)33-30(43-36)19-29-27-11-10-24-17-25(38-32(42)18-26(40)9-7-8-16-39(5)6)13-14-34(24,3)28(27)20-31(41)35(29,33)4/h22-25,27-30,33,37H,7-21H2,1-6H3,(H,38,42)/t22-,23+,24+,25?,27-,28+,29+,30+,33+,34+,35-,36-/m1/s1. The number of carbonyl (C=O) groups excluding carboxylic acids is 3. The molecule has 0 bridgehead atoms. The van der Waals surface area contributed by atoms with E-state index in [-0.39, 0.29) is 46.8 Å². The van der Waals surface area contributed by atoms with Crippen molar-refractivity contribution in [2.45, 2.75) is 129 Å². The van der Waals surface area contributed by atoms with Crippen LogP contribution < -0.4 is 10.6 Å². The third-order valence-electron chi connectivity index (χ3n) is 14.0. The molecule has 0 aromatic heterocycles. The number of fused-ring (bicyclic) bond motifs is 7. The Morgan fingerprint density at radius 1 is 1.02 bits per heavy atom. The number of unbranched alkanes of at least 4 members (excludes halogenated alkanes) is 1. The van der Waals surface area contributed by atoms with Gasteiger partial charge in [-0.2, -0.15) is 0 Å². The fourth-order valence-electron chi connectivity index (χ4n) is 11.6. The molecule has 12 atom stereocenters. The molecule has 2 aliphatic heterocycles. The first kappa shape index (κ1) is 31.7. The number of Topliss-reactive ketones (excluding diaryl/α,β-unsaturated/α-hetero) is 2. The number of ketones is 2. The number of rotatable bonds is 8. The van der Waals surface area contributed by atoms with Gasteiger partial charge < -0.3 is 15.0 Å². The number of hydrogen-bond donors (Lipinski definition) is 2. The molecule has 7 nitrogen and oxygen atoms in total. The molecule has 6 rings (SSSR count). The van der Waals surface area contributed by atoms with Crippen LogP contribution in [0.5, 0.6) is 0 Å². The minimum absolute atomic E-state index is 0.0124. The molecule has 2 heterocycles. The van der Waals surface area contributed by atoms with E-state index in [1.807, 2.05) is 14.1 Å². The summed E-state index contributed by atoms with van der Waals surface area (Å²) in [4.78, 5) is 41.7. The summed E-state index contributed by atoms with van der Waals surface area (Å²) in [6.07, 6.45) is 11.9. The van der Waals surface area contributed by atoms with Crippen molar-refractivity contribution in [3.63, 3.8) is 0 Å². The Labute approximate surface area is 260 Å². The second kappa shape index (κ2) is 11.8. The molecular weight excluding hydrogens is 538 g/mol. The van der Waals surface area contributed by atoms with Gasteiger partial charge in [0, 0.05) is 42.7 Å². The van der Waals surface area contributed by atoms with Crippen LogP contribution in [0.3, 0.4) is 0 Å². The first-order valence-electron chi connectivity index (χ1n) is 17.8. The van der Waals surface area contributed by atoms with E-state index >= 15 is 0 Å². The second-order valence-electron chi connectivity index (χ2n) is 16.7. The maximum Gasteiger partial charge on any atom is 0.227 e. The summed E-state index contributed by atoms with van der Waals surface area (Å²) in [5.41, 5.74) is -0.362. The van der Waals surface area contributed by atoms with Crippen molar-refractivity contribution >= 4 is 17.5 Å². The topological polar surface area (TPSA) is 87.7 Å². The molecule has 1 unspecified atom stereocenters. The number of hydrogen-bond acceptors (Lipinski definition) is 6. The van der Waals surface area contributed by atoms with Crippen LogP contribution in [-0.2, 0) is 19.1 Å². The van der Waals surface area contributed by atoms with Gasteiger partial charge in [0.1, 0.15) is 17.3 Å². The van der Waals surface area contributed by atoms with Gasteiger partial charge in [0.05, 0.1) is 12.5 Å². The van der Waals surface area contributed by atoms with Gasteiger partial charge >= 0.3 is 0 Å². The summed E-state index contributed by atoms with van der Waals surface area (Å²) in [6, 6.07) is 0.148. The molecule has 2 N–H and O–H groups in total. The Balaban J connectivity index is 1.07. The Kier molecular flexibility index (Phi) is 8.69. The maximum absolute atomic E-state index is 14.4. The monoisotopic (exact) mass is 597 g/mol. The van der Waals surface area contributed by atoms with E-state index in [9.17, 15) is 14.4 Å². The molecule has 1 spiro atoms. The highest BCUT2D eigenvalue weighted by Gasteiger charge is 2.71. The summed E-state index contributed by atoms with van der Waals surface area (Å²) >= 11 is 0. The molecule has 1 amide bonds. The predicted molar refractivity (Wildman–Crippen MR) is 168 cm³/mol. The number of piperidine rings is 1. The van der Waals surface area contributed by atoms with E-state index in [0.717, 1.165) is 64.5 Å². The number of nitrogens with zero attached hydrogens (tertiary/aromatic N) is 1. The zero-order valence-electron chi connectivity index (χ0n) is 27.9. The molecule has 2 saturated heterocycles. The normalized spacial score (nSPS) is 47.1. The SMILES string of the molecule is C[C@@H]1CC[C@@]2(NC1)O[C@H]1C[C@H]3[C@@H]4CC[C@H]5CC(NC(=O)CC(=O)CCCCN(C)C)CC[C@]5(C)[C@H]4CC(=O)[C@]3(C)[C@H]1[C@@H]2C. The molecule has 0 aromatic rings. The molecule has 242 valence electrons. The molecule has 0 radical (unpaired) electrons. The molecule has 6 fully saturated rings. The van der Waals surface area contributed by atoms with Crippen molar-refractivity contribution in [3.8, 4) is 0 Å². The van der Waals surface area contributed by atoms with Gasteiger partial charge in [0.15, 0.2) is 0 Å². The van der Waals surface area contributed by atoms with Crippen molar-refractivity contribution in [2.24, 2.45) is 52.3 Å². The van der Waals surface area contributed by atoms with Crippen LogP contribution in [0.25, 0.3) is 0 Å². The van der Waals surface area contributed by atoms with E-state index in [2.05, 4.69) is 43.2 Å². The third kappa shape index (κ3) is 5.45. The predicted octanol–water partition coefficient (Wildman–Crippen LogP) is 5.36. The van der Waals surface area contributed by atoms with Crippen molar-refractivity contribution < 1.29 is 19.1 Å². The largest absolute Gasteiger partial charge is 0.357 e. The zero-order chi connectivity index (χ0) is 30.7. The minimum atomic E-state index is -0.271. The van der Waals surface area contributed by atoms with Gasteiger partial charge in [-0.1, -0.05) is 27.7 Å². The van der Waals surface area contributed by atoms with Gasteiger partial charge in [-0.25, -0.2) is 0 Å². The van der Waals surface area contributed by atoms with Crippen LogP contribution in [0.1, 0.15) is 111 Å². The smallest absolute Gasteiger partial charge is 0.227 e. The average molecular weight is 598 g/mol. The van der Waals surface area contributed by atoms with E-state index in [1.54, 1.807) is 0 Å². The minimum Gasteiger partial charge on any atom is -0.357 e. The lowest BCUT2D eigenvalue weighted by atomic mass is 9.44. The molecule has 4 aliphatic carbocycles. The van der Waals surface area contributed by atoms with Gasteiger partial charge in [-0.3, -0.25) is 19.7 Å². The highest BCUT2D eigenvalue weighted by Crippen LogP contribution is 2.70. The van der Waals surface area contributed by atoms with Crippen LogP contribution >= 0.6 is 0 Å². The highest BCUT2D eigenvalue weighted by atomic mass is 16.5. The lowest BCUT2D eigenvalue weighted by molar-refractivity contribution is -0.160. The van der Waals surface area contributed by atoms with Crippen LogP contribution in [0, 0.1) is 52.3 Å². The molecule has 4 saturated carbocycles. The molecule has 7 heteroatoms. The number of carbonyl (C=O) groups is 3. The van der Waals surface area contributed by atoms with Crippen LogP contribution in [0.2, 0.25) is 0 Å². The first-order valence-corrected chi connectivity index (χ1v) is 17.8. The van der Waals surface area contributed by atoms with E-state index in [1.165, 1.54) is 19.3 Å².